The maximum atomic E-state index is 11.9. The summed E-state index contributed by atoms with van der Waals surface area (Å²) < 4.78 is 0.719. The van der Waals surface area contributed by atoms with Crippen LogP contribution < -0.4 is 16.0 Å². The molecule has 3 aromatic rings. The van der Waals surface area contributed by atoms with E-state index in [0.717, 1.165) is 25.9 Å². The third kappa shape index (κ3) is 4.84. The molecule has 0 fully saturated rings. The van der Waals surface area contributed by atoms with Crippen molar-refractivity contribution in [3.63, 3.8) is 0 Å². The molecule has 0 radical (unpaired) electrons. The van der Waals surface area contributed by atoms with Crippen LogP contribution in [0.5, 0.6) is 0 Å². The van der Waals surface area contributed by atoms with Crippen molar-refractivity contribution >= 4 is 45.7 Å². The average Bonchev–Trinajstić information content (AvgIpc) is 3.05. The lowest BCUT2D eigenvalue weighted by atomic mass is 10.2. The van der Waals surface area contributed by atoms with Crippen molar-refractivity contribution in [3.8, 4) is 0 Å². The second-order valence-electron chi connectivity index (χ2n) is 5.58. The van der Waals surface area contributed by atoms with E-state index in [4.69, 9.17) is 11.6 Å². The lowest BCUT2D eigenvalue weighted by Crippen LogP contribution is -2.39. The quantitative estimate of drug-likeness (QED) is 0.559. The Bertz CT molecular complexity index is 867. The summed E-state index contributed by atoms with van der Waals surface area (Å²) in [4.78, 5) is 17.5. The molecule has 3 rings (SSSR count). The van der Waals surface area contributed by atoms with Crippen LogP contribution in [0.4, 0.5) is 10.6 Å². The molecule has 1 atom stereocenters. The fourth-order valence-corrected chi connectivity index (χ4v) is 3.47. The number of nitrogens with zero attached hydrogens (tertiary/aromatic N) is 1. The number of halogens is 1. The van der Waals surface area contributed by atoms with Gasteiger partial charge in [0.15, 0.2) is 0 Å². The number of rotatable bonds is 6. The molecule has 130 valence electrons. The largest absolute Gasteiger partial charge is 0.368 e. The van der Waals surface area contributed by atoms with Crippen molar-refractivity contribution < 1.29 is 4.79 Å². The van der Waals surface area contributed by atoms with Crippen LogP contribution in [-0.2, 0) is 0 Å². The van der Waals surface area contributed by atoms with Gasteiger partial charge in [0, 0.05) is 23.4 Å². The smallest absolute Gasteiger partial charge is 0.315 e. The zero-order valence-electron chi connectivity index (χ0n) is 13.8. The molecule has 0 spiro atoms. The number of carbonyl (C=O) groups is 1. The van der Waals surface area contributed by atoms with Crippen LogP contribution in [0.3, 0.4) is 0 Å². The molecule has 5 nitrogen and oxygen atoms in total. The van der Waals surface area contributed by atoms with Crippen LogP contribution in [0.15, 0.2) is 48.5 Å². The summed E-state index contributed by atoms with van der Waals surface area (Å²) in [7, 11) is 0. The van der Waals surface area contributed by atoms with Gasteiger partial charge in [-0.2, -0.15) is 0 Å². The van der Waals surface area contributed by atoms with E-state index in [1.54, 1.807) is 0 Å². The number of pyridine rings is 1. The van der Waals surface area contributed by atoms with Gasteiger partial charge in [-0.3, -0.25) is 0 Å². The Morgan fingerprint density at radius 1 is 1.16 bits per heavy atom. The summed E-state index contributed by atoms with van der Waals surface area (Å²) in [5, 5.41) is 10.0. The Morgan fingerprint density at radius 2 is 2.00 bits per heavy atom. The van der Waals surface area contributed by atoms with Crippen molar-refractivity contribution in [1.82, 2.24) is 15.6 Å². The van der Waals surface area contributed by atoms with Crippen molar-refractivity contribution in [1.29, 1.82) is 0 Å². The number of nitrogens with one attached hydrogen (secondary N) is 3. The number of fused-ring (bicyclic) bond motifs is 1. The van der Waals surface area contributed by atoms with E-state index in [0.29, 0.717) is 13.1 Å². The van der Waals surface area contributed by atoms with Gasteiger partial charge >= 0.3 is 6.03 Å². The number of anilines is 1. The Kier molecular flexibility index (Phi) is 5.73. The summed E-state index contributed by atoms with van der Waals surface area (Å²) in [5.74, 6) is 0.794. The third-order valence-corrected chi connectivity index (χ3v) is 5.10. The average molecular weight is 375 g/mol. The van der Waals surface area contributed by atoms with Crippen molar-refractivity contribution in [2.24, 2.45) is 0 Å². The van der Waals surface area contributed by atoms with Crippen LogP contribution in [-0.4, -0.2) is 24.1 Å². The fraction of sp³-hybridized carbons (Fsp3) is 0.222. The van der Waals surface area contributed by atoms with Crippen molar-refractivity contribution in [3.05, 3.63) is 57.7 Å². The molecule has 0 aliphatic carbocycles. The van der Waals surface area contributed by atoms with Gasteiger partial charge in [-0.05, 0) is 37.3 Å². The van der Waals surface area contributed by atoms with E-state index < -0.39 is 0 Å². The van der Waals surface area contributed by atoms with Gasteiger partial charge in [-0.1, -0.05) is 29.8 Å². The van der Waals surface area contributed by atoms with Gasteiger partial charge in [-0.25, -0.2) is 9.78 Å². The van der Waals surface area contributed by atoms with E-state index in [2.05, 4.69) is 20.9 Å². The molecule has 0 aliphatic heterocycles. The topological polar surface area (TPSA) is 66.1 Å². The maximum absolute atomic E-state index is 11.9. The number of para-hydroxylation sites is 1. The SMILES string of the molecule is CC(NC(=O)NCCNc1ccc2ccccc2n1)c1ccc(Cl)s1. The van der Waals surface area contributed by atoms with Gasteiger partial charge in [0.25, 0.3) is 0 Å². The van der Waals surface area contributed by atoms with Crippen molar-refractivity contribution in [2.45, 2.75) is 13.0 Å². The number of urea groups is 1. The first-order valence-electron chi connectivity index (χ1n) is 8.01. The minimum Gasteiger partial charge on any atom is -0.368 e. The van der Waals surface area contributed by atoms with E-state index in [1.165, 1.54) is 11.3 Å². The van der Waals surface area contributed by atoms with Crippen molar-refractivity contribution in [2.75, 3.05) is 18.4 Å². The molecule has 3 N–H and O–H groups in total. The van der Waals surface area contributed by atoms with Crippen LogP contribution in [0, 0.1) is 0 Å². The summed E-state index contributed by atoms with van der Waals surface area (Å²) in [5.41, 5.74) is 0.946. The number of benzene rings is 1. The highest BCUT2D eigenvalue weighted by Gasteiger charge is 2.11. The highest BCUT2D eigenvalue weighted by Crippen LogP contribution is 2.26. The minimum atomic E-state index is -0.203. The highest BCUT2D eigenvalue weighted by atomic mass is 35.5. The van der Waals surface area contributed by atoms with Gasteiger partial charge in [0.05, 0.1) is 15.9 Å². The molecular weight excluding hydrogens is 356 g/mol. The standard InChI is InChI=1S/C18H19ClN4OS/c1-12(15-7-8-16(19)25-15)22-18(24)21-11-10-20-17-9-6-13-4-2-3-5-14(13)23-17/h2-9,12H,10-11H2,1H3,(H,20,23)(H2,21,22,24). The lowest BCUT2D eigenvalue weighted by Gasteiger charge is -2.13. The number of hydrogen-bond acceptors (Lipinski definition) is 4. The summed E-state index contributed by atoms with van der Waals surface area (Å²) in [6.45, 7) is 3.02. The Balaban J connectivity index is 1.42. The van der Waals surface area contributed by atoms with Crippen LogP contribution in [0.25, 0.3) is 10.9 Å². The Morgan fingerprint density at radius 3 is 2.80 bits per heavy atom. The molecule has 7 heteroatoms. The summed E-state index contributed by atoms with van der Waals surface area (Å²) in [6, 6.07) is 15.4. The van der Waals surface area contributed by atoms with Crippen LogP contribution in [0.2, 0.25) is 4.34 Å². The predicted molar refractivity (Wildman–Crippen MR) is 105 cm³/mol. The van der Waals surface area contributed by atoms with E-state index in [1.807, 2.05) is 55.5 Å². The number of hydrogen-bond donors (Lipinski definition) is 3. The zero-order valence-corrected chi connectivity index (χ0v) is 15.3. The molecule has 2 heterocycles. The predicted octanol–water partition coefficient (Wildman–Crippen LogP) is 4.42. The second kappa shape index (κ2) is 8.18. The van der Waals surface area contributed by atoms with Crippen LogP contribution in [0.1, 0.15) is 17.8 Å². The first-order chi connectivity index (χ1) is 12.1. The Labute approximate surface area is 155 Å². The minimum absolute atomic E-state index is 0.0763. The number of amides is 2. The third-order valence-electron chi connectivity index (χ3n) is 3.68. The molecule has 0 saturated heterocycles. The van der Waals surface area contributed by atoms with E-state index >= 15 is 0 Å². The second-order valence-corrected chi connectivity index (χ2v) is 7.33. The molecule has 1 aromatic carbocycles. The molecule has 1 unspecified atom stereocenters. The molecule has 2 aromatic heterocycles. The maximum Gasteiger partial charge on any atom is 0.315 e. The molecule has 0 aliphatic rings. The van der Waals surface area contributed by atoms with Gasteiger partial charge < -0.3 is 16.0 Å². The van der Waals surface area contributed by atoms with Gasteiger partial charge in [-0.15, -0.1) is 11.3 Å². The molecule has 0 saturated carbocycles. The summed E-state index contributed by atoms with van der Waals surface area (Å²) >= 11 is 7.38. The fourth-order valence-electron chi connectivity index (χ4n) is 2.41. The summed E-state index contributed by atoms with van der Waals surface area (Å²) in [6.07, 6.45) is 0. The monoisotopic (exact) mass is 374 g/mol. The molecule has 0 bridgehead atoms. The first kappa shape index (κ1) is 17.5. The number of aromatic nitrogens is 1. The molecular formula is C18H19ClN4OS. The molecule has 2 amide bonds. The van der Waals surface area contributed by atoms with E-state index in [9.17, 15) is 4.79 Å². The number of carbonyl (C=O) groups excluding carboxylic acids is 1. The zero-order chi connectivity index (χ0) is 17.6. The van der Waals surface area contributed by atoms with Crippen LogP contribution >= 0.6 is 22.9 Å². The lowest BCUT2D eigenvalue weighted by molar-refractivity contribution is 0.238. The molecule has 25 heavy (non-hydrogen) atoms. The number of thiophene rings is 1. The highest BCUT2D eigenvalue weighted by molar-refractivity contribution is 7.16. The van der Waals surface area contributed by atoms with E-state index in [-0.39, 0.29) is 12.1 Å². The first-order valence-corrected chi connectivity index (χ1v) is 9.20. The Hall–Kier alpha value is -2.31. The van der Waals surface area contributed by atoms with Gasteiger partial charge in [0.2, 0.25) is 0 Å². The van der Waals surface area contributed by atoms with Gasteiger partial charge in [0.1, 0.15) is 5.82 Å². The normalized spacial score (nSPS) is 11.9.